The number of fused-ring (bicyclic) bond motifs is 1. The molecule has 0 aliphatic heterocycles. The van der Waals surface area contributed by atoms with Crippen molar-refractivity contribution < 1.29 is 4.42 Å². The third kappa shape index (κ3) is 2.02. The van der Waals surface area contributed by atoms with Gasteiger partial charge in [-0.1, -0.05) is 32.9 Å². The van der Waals surface area contributed by atoms with E-state index in [2.05, 4.69) is 36.7 Å². The van der Waals surface area contributed by atoms with Crippen LogP contribution in [0.1, 0.15) is 32.6 Å². The van der Waals surface area contributed by atoms with Crippen molar-refractivity contribution in [1.29, 1.82) is 0 Å². The maximum Gasteiger partial charge on any atom is 0.148 e. The van der Waals surface area contributed by atoms with Crippen molar-refractivity contribution in [2.75, 3.05) is 0 Å². The number of benzene rings is 1. The topological polar surface area (TPSA) is 39.2 Å². The quantitative estimate of drug-likeness (QED) is 0.849. The van der Waals surface area contributed by atoms with Crippen LogP contribution in [-0.2, 0) is 0 Å². The van der Waals surface area contributed by atoms with Crippen LogP contribution in [0.2, 0.25) is 0 Å². The summed E-state index contributed by atoms with van der Waals surface area (Å²) in [5.74, 6) is 0.842. The first kappa shape index (κ1) is 11.7. The van der Waals surface area contributed by atoms with Crippen molar-refractivity contribution >= 4 is 26.9 Å². The number of hydrogen-bond donors (Lipinski definition) is 1. The maximum atomic E-state index is 6.18. The second-order valence-electron chi connectivity index (χ2n) is 5.15. The normalized spacial score (nSPS) is 14.3. The Morgan fingerprint density at radius 3 is 2.56 bits per heavy atom. The molecule has 1 heterocycles. The fraction of sp³-hybridized carbons (Fsp3) is 0.385. The van der Waals surface area contributed by atoms with Crippen LogP contribution in [0.15, 0.2) is 33.2 Å². The number of furan rings is 1. The van der Waals surface area contributed by atoms with E-state index < -0.39 is 0 Å². The van der Waals surface area contributed by atoms with E-state index in [1.807, 2.05) is 24.3 Å². The van der Waals surface area contributed by atoms with Gasteiger partial charge in [-0.2, -0.15) is 0 Å². The van der Waals surface area contributed by atoms with Gasteiger partial charge in [-0.05, 0) is 33.5 Å². The second kappa shape index (κ2) is 3.90. The van der Waals surface area contributed by atoms with Gasteiger partial charge in [0.25, 0.3) is 0 Å². The number of halogens is 1. The van der Waals surface area contributed by atoms with Gasteiger partial charge in [0, 0.05) is 5.39 Å². The Hall–Kier alpha value is -0.800. The lowest BCUT2D eigenvalue weighted by atomic mass is 9.86. The largest absolute Gasteiger partial charge is 0.458 e. The number of rotatable bonds is 1. The predicted octanol–water partition coefficient (Wildman–Crippen LogP) is 4.24. The van der Waals surface area contributed by atoms with Crippen molar-refractivity contribution in [2.24, 2.45) is 11.1 Å². The Labute approximate surface area is 104 Å². The molecular weight excluding hydrogens is 266 g/mol. The van der Waals surface area contributed by atoms with Crippen LogP contribution in [-0.4, -0.2) is 0 Å². The molecule has 0 saturated heterocycles. The van der Waals surface area contributed by atoms with E-state index in [9.17, 15) is 0 Å². The molecule has 1 aromatic carbocycles. The predicted molar refractivity (Wildman–Crippen MR) is 70.3 cm³/mol. The highest BCUT2D eigenvalue weighted by molar-refractivity contribution is 9.10. The summed E-state index contributed by atoms with van der Waals surface area (Å²) in [6, 6.07) is 7.93. The molecule has 0 fully saturated rings. The van der Waals surface area contributed by atoms with Gasteiger partial charge in [0.05, 0.1) is 10.5 Å². The molecule has 0 radical (unpaired) electrons. The number of nitrogens with two attached hydrogens (primary N) is 1. The molecule has 3 heteroatoms. The highest BCUT2D eigenvalue weighted by atomic mass is 79.9. The monoisotopic (exact) mass is 281 g/mol. The first-order valence-corrected chi connectivity index (χ1v) is 6.12. The van der Waals surface area contributed by atoms with Gasteiger partial charge < -0.3 is 10.2 Å². The van der Waals surface area contributed by atoms with Gasteiger partial charge in [0.15, 0.2) is 0 Å². The van der Waals surface area contributed by atoms with E-state index in [4.69, 9.17) is 10.2 Å². The van der Waals surface area contributed by atoms with Crippen molar-refractivity contribution in [1.82, 2.24) is 0 Å². The summed E-state index contributed by atoms with van der Waals surface area (Å²) in [4.78, 5) is 0. The summed E-state index contributed by atoms with van der Waals surface area (Å²) >= 11 is 3.48. The van der Waals surface area contributed by atoms with Gasteiger partial charge >= 0.3 is 0 Å². The van der Waals surface area contributed by atoms with Crippen molar-refractivity contribution in [3.05, 3.63) is 34.5 Å². The van der Waals surface area contributed by atoms with E-state index in [1.165, 1.54) is 0 Å². The fourth-order valence-electron chi connectivity index (χ4n) is 1.63. The Morgan fingerprint density at radius 2 is 2.00 bits per heavy atom. The lowest BCUT2D eigenvalue weighted by Crippen LogP contribution is -2.25. The zero-order chi connectivity index (χ0) is 11.9. The minimum atomic E-state index is -0.0909. The molecule has 1 aromatic heterocycles. The smallest absolute Gasteiger partial charge is 0.148 e. The zero-order valence-corrected chi connectivity index (χ0v) is 11.3. The van der Waals surface area contributed by atoms with Crippen LogP contribution in [0.4, 0.5) is 0 Å². The molecule has 86 valence electrons. The minimum absolute atomic E-state index is 0.000350. The molecule has 1 atom stereocenters. The zero-order valence-electron chi connectivity index (χ0n) is 9.75. The Balaban J connectivity index is 2.52. The molecule has 0 amide bonds. The summed E-state index contributed by atoms with van der Waals surface area (Å²) in [6.07, 6.45) is 0. The van der Waals surface area contributed by atoms with Crippen molar-refractivity contribution in [2.45, 2.75) is 26.8 Å². The lowest BCUT2D eigenvalue weighted by Gasteiger charge is -2.24. The van der Waals surface area contributed by atoms with E-state index in [0.29, 0.717) is 0 Å². The van der Waals surface area contributed by atoms with E-state index in [0.717, 1.165) is 21.2 Å². The van der Waals surface area contributed by atoms with Crippen LogP contribution in [0, 0.1) is 5.41 Å². The third-order valence-corrected chi connectivity index (χ3v) is 3.38. The molecule has 1 unspecified atom stereocenters. The fourth-order valence-corrected chi connectivity index (χ4v) is 2.09. The molecule has 16 heavy (non-hydrogen) atoms. The molecule has 2 N–H and O–H groups in total. The average molecular weight is 282 g/mol. The Morgan fingerprint density at radius 1 is 1.31 bits per heavy atom. The first-order chi connectivity index (χ1) is 7.39. The van der Waals surface area contributed by atoms with E-state index in [-0.39, 0.29) is 11.5 Å². The second-order valence-corrected chi connectivity index (χ2v) is 6.00. The molecule has 0 saturated carbocycles. The Bertz CT molecular complexity index is 510. The molecule has 0 aliphatic rings. The van der Waals surface area contributed by atoms with Gasteiger partial charge in [-0.3, -0.25) is 0 Å². The van der Waals surface area contributed by atoms with Gasteiger partial charge in [-0.25, -0.2) is 0 Å². The number of hydrogen-bond acceptors (Lipinski definition) is 2. The maximum absolute atomic E-state index is 6.18. The van der Waals surface area contributed by atoms with Crippen LogP contribution in [0.25, 0.3) is 11.0 Å². The molecular formula is C13H16BrNO. The van der Waals surface area contributed by atoms with E-state index in [1.54, 1.807) is 0 Å². The van der Waals surface area contributed by atoms with Crippen LogP contribution in [0.5, 0.6) is 0 Å². The van der Waals surface area contributed by atoms with E-state index >= 15 is 0 Å². The lowest BCUT2D eigenvalue weighted by molar-refractivity contribution is 0.290. The average Bonchev–Trinajstić information content (AvgIpc) is 2.60. The highest BCUT2D eigenvalue weighted by Crippen LogP contribution is 2.35. The molecule has 0 spiro atoms. The molecule has 2 rings (SSSR count). The SMILES string of the molecule is CC(C)(C)C(N)c1cc2cccc(Br)c2o1. The van der Waals surface area contributed by atoms with Gasteiger partial charge in [0.2, 0.25) is 0 Å². The number of para-hydroxylation sites is 1. The first-order valence-electron chi connectivity index (χ1n) is 5.33. The van der Waals surface area contributed by atoms with Crippen LogP contribution >= 0.6 is 15.9 Å². The molecule has 0 bridgehead atoms. The highest BCUT2D eigenvalue weighted by Gasteiger charge is 2.25. The summed E-state index contributed by atoms with van der Waals surface area (Å²) in [6.45, 7) is 6.33. The summed E-state index contributed by atoms with van der Waals surface area (Å²) < 4.78 is 6.79. The van der Waals surface area contributed by atoms with Crippen molar-refractivity contribution in [3.8, 4) is 0 Å². The summed E-state index contributed by atoms with van der Waals surface area (Å²) in [5, 5.41) is 1.09. The Kier molecular flexibility index (Phi) is 2.84. The molecule has 2 aromatic rings. The van der Waals surface area contributed by atoms with Crippen LogP contribution < -0.4 is 5.73 Å². The van der Waals surface area contributed by atoms with Crippen LogP contribution in [0.3, 0.4) is 0 Å². The third-order valence-electron chi connectivity index (χ3n) is 2.75. The van der Waals surface area contributed by atoms with Crippen molar-refractivity contribution in [3.63, 3.8) is 0 Å². The molecule has 2 nitrogen and oxygen atoms in total. The minimum Gasteiger partial charge on any atom is -0.458 e. The van der Waals surface area contributed by atoms with Gasteiger partial charge in [-0.15, -0.1) is 0 Å². The summed E-state index contributed by atoms with van der Waals surface area (Å²) in [7, 11) is 0. The molecule has 0 aliphatic carbocycles. The summed E-state index contributed by atoms with van der Waals surface area (Å²) in [5.41, 5.74) is 7.05. The standard InChI is InChI=1S/C13H16BrNO/c1-13(2,3)12(15)10-7-8-5-4-6-9(14)11(8)16-10/h4-7,12H,15H2,1-3H3. The van der Waals surface area contributed by atoms with Gasteiger partial charge in [0.1, 0.15) is 11.3 Å².